The average molecular weight is 187 g/mol. The van der Waals surface area contributed by atoms with Crippen LogP contribution >= 0.6 is 23.2 Å². The van der Waals surface area contributed by atoms with Crippen molar-refractivity contribution in [3.63, 3.8) is 0 Å². The van der Waals surface area contributed by atoms with E-state index in [0.717, 1.165) is 16.1 Å². The van der Waals surface area contributed by atoms with Crippen molar-refractivity contribution in [3.05, 3.63) is 39.9 Å². The third kappa shape index (κ3) is 2.25. The van der Waals surface area contributed by atoms with Gasteiger partial charge in [0.05, 0.1) is 0 Å². The standard InChI is InChI=1S/C9H8Cl2/c1-7-6-9(11)3-2-8(7)4-5-10/h2-6H,1H3. The Hall–Kier alpha value is -0.460. The van der Waals surface area contributed by atoms with Crippen LogP contribution in [0.15, 0.2) is 23.7 Å². The summed E-state index contributed by atoms with van der Waals surface area (Å²) in [6, 6.07) is 5.70. The van der Waals surface area contributed by atoms with Crippen molar-refractivity contribution in [1.29, 1.82) is 0 Å². The lowest BCUT2D eigenvalue weighted by atomic mass is 10.1. The van der Waals surface area contributed by atoms with Gasteiger partial charge in [0, 0.05) is 10.6 Å². The maximum absolute atomic E-state index is 5.76. The van der Waals surface area contributed by atoms with Crippen LogP contribution in [0.25, 0.3) is 6.08 Å². The van der Waals surface area contributed by atoms with Crippen LogP contribution in [0.5, 0.6) is 0 Å². The van der Waals surface area contributed by atoms with Crippen LogP contribution < -0.4 is 0 Å². The molecule has 2 heteroatoms. The smallest absolute Gasteiger partial charge is 0.0409 e. The Morgan fingerprint density at radius 3 is 2.64 bits per heavy atom. The van der Waals surface area contributed by atoms with Gasteiger partial charge >= 0.3 is 0 Å². The summed E-state index contributed by atoms with van der Waals surface area (Å²) in [4.78, 5) is 0. The molecule has 0 aliphatic heterocycles. The van der Waals surface area contributed by atoms with Crippen molar-refractivity contribution in [1.82, 2.24) is 0 Å². The zero-order chi connectivity index (χ0) is 8.27. The van der Waals surface area contributed by atoms with Crippen molar-refractivity contribution in [2.75, 3.05) is 0 Å². The first-order chi connectivity index (χ1) is 5.24. The van der Waals surface area contributed by atoms with Gasteiger partial charge in [0.15, 0.2) is 0 Å². The van der Waals surface area contributed by atoms with E-state index in [-0.39, 0.29) is 0 Å². The van der Waals surface area contributed by atoms with E-state index in [9.17, 15) is 0 Å². The van der Waals surface area contributed by atoms with Gasteiger partial charge in [-0.15, -0.1) is 0 Å². The quantitative estimate of drug-likeness (QED) is 0.626. The van der Waals surface area contributed by atoms with Gasteiger partial charge < -0.3 is 0 Å². The monoisotopic (exact) mass is 186 g/mol. The normalized spacial score (nSPS) is 10.8. The molecule has 0 saturated heterocycles. The molecule has 0 saturated carbocycles. The van der Waals surface area contributed by atoms with Gasteiger partial charge in [0.1, 0.15) is 0 Å². The summed E-state index contributed by atoms with van der Waals surface area (Å²) >= 11 is 11.2. The highest BCUT2D eigenvalue weighted by Crippen LogP contribution is 2.16. The minimum Gasteiger partial charge on any atom is -0.0929 e. The molecule has 0 unspecified atom stereocenters. The van der Waals surface area contributed by atoms with Crippen LogP contribution in [-0.2, 0) is 0 Å². The fourth-order valence-corrected chi connectivity index (χ4v) is 1.26. The Morgan fingerprint density at radius 2 is 2.09 bits per heavy atom. The van der Waals surface area contributed by atoms with E-state index in [0.29, 0.717) is 0 Å². The highest BCUT2D eigenvalue weighted by Gasteiger charge is 1.93. The first-order valence-electron chi connectivity index (χ1n) is 3.27. The predicted molar refractivity (Wildman–Crippen MR) is 51.1 cm³/mol. The molecule has 11 heavy (non-hydrogen) atoms. The summed E-state index contributed by atoms with van der Waals surface area (Å²) in [5, 5.41) is 0.759. The van der Waals surface area contributed by atoms with Gasteiger partial charge in [-0.25, -0.2) is 0 Å². The summed E-state index contributed by atoms with van der Waals surface area (Å²) in [6.07, 6.45) is 1.84. The first kappa shape index (κ1) is 8.63. The van der Waals surface area contributed by atoms with E-state index >= 15 is 0 Å². The fraction of sp³-hybridized carbons (Fsp3) is 0.111. The molecule has 0 atom stereocenters. The molecule has 0 aliphatic carbocycles. The number of hydrogen-bond donors (Lipinski definition) is 0. The lowest BCUT2D eigenvalue weighted by molar-refractivity contribution is 1.44. The molecule has 0 bridgehead atoms. The van der Waals surface area contributed by atoms with Gasteiger partial charge in [-0.05, 0) is 36.3 Å². The molecule has 0 aliphatic rings. The zero-order valence-corrected chi connectivity index (χ0v) is 7.65. The van der Waals surface area contributed by atoms with Crippen molar-refractivity contribution < 1.29 is 0 Å². The van der Waals surface area contributed by atoms with E-state index in [1.807, 2.05) is 31.2 Å². The van der Waals surface area contributed by atoms with Gasteiger partial charge in [-0.1, -0.05) is 29.3 Å². The van der Waals surface area contributed by atoms with E-state index < -0.39 is 0 Å². The summed E-state index contributed by atoms with van der Waals surface area (Å²) in [7, 11) is 0. The number of hydrogen-bond acceptors (Lipinski definition) is 0. The molecule has 0 spiro atoms. The highest BCUT2D eigenvalue weighted by atomic mass is 35.5. The number of aryl methyl sites for hydroxylation is 1. The van der Waals surface area contributed by atoms with E-state index in [2.05, 4.69) is 0 Å². The largest absolute Gasteiger partial charge is 0.0929 e. The minimum atomic E-state index is 0.759. The number of halogens is 2. The number of rotatable bonds is 1. The molecule has 0 amide bonds. The molecule has 1 aromatic carbocycles. The Balaban J connectivity index is 3.09. The summed E-state index contributed by atoms with van der Waals surface area (Å²) in [5.41, 5.74) is 3.73. The van der Waals surface area contributed by atoms with Gasteiger partial charge in [-0.2, -0.15) is 0 Å². The maximum Gasteiger partial charge on any atom is 0.0409 e. The third-order valence-corrected chi connectivity index (χ3v) is 1.84. The summed E-state index contributed by atoms with van der Waals surface area (Å²) in [6.45, 7) is 2.00. The Labute approximate surface area is 76.4 Å². The molecule has 0 heterocycles. The van der Waals surface area contributed by atoms with Crippen LogP contribution in [0.1, 0.15) is 11.1 Å². The highest BCUT2D eigenvalue weighted by molar-refractivity contribution is 6.30. The SMILES string of the molecule is Cc1cc(Cl)ccc1C=CCl. The molecule has 0 nitrogen and oxygen atoms in total. The first-order valence-corrected chi connectivity index (χ1v) is 4.08. The van der Waals surface area contributed by atoms with E-state index in [1.165, 1.54) is 5.54 Å². The van der Waals surface area contributed by atoms with Crippen molar-refractivity contribution in [2.45, 2.75) is 6.92 Å². The molecular weight excluding hydrogens is 179 g/mol. The molecule has 1 rings (SSSR count). The predicted octanol–water partition coefficient (Wildman–Crippen LogP) is 3.86. The molecule has 0 aromatic heterocycles. The number of benzene rings is 1. The van der Waals surface area contributed by atoms with Crippen LogP contribution in [0.2, 0.25) is 5.02 Å². The zero-order valence-electron chi connectivity index (χ0n) is 6.14. The molecule has 0 N–H and O–H groups in total. The van der Waals surface area contributed by atoms with Crippen LogP contribution in [0, 0.1) is 6.92 Å². The van der Waals surface area contributed by atoms with Crippen molar-refractivity contribution in [2.24, 2.45) is 0 Å². The molecule has 1 aromatic rings. The molecule has 0 radical (unpaired) electrons. The van der Waals surface area contributed by atoms with Crippen LogP contribution in [0.3, 0.4) is 0 Å². The third-order valence-electron chi connectivity index (χ3n) is 1.47. The molecule has 0 fully saturated rings. The lowest BCUT2D eigenvalue weighted by Crippen LogP contribution is -1.78. The topological polar surface area (TPSA) is 0 Å². The van der Waals surface area contributed by atoms with E-state index in [4.69, 9.17) is 23.2 Å². The summed E-state index contributed by atoms with van der Waals surface area (Å²) in [5.74, 6) is 0. The lowest BCUT2D eigenvalue weighted by Gasteiger charge is -1.98. The van der Waals surface area contributed by atoms with E-state index in [1.54, 1.807) is 0 Å². The molecular formula is C9H8Cl2. The maximum atomic E-state index is 5.76. The fourth-order valence-electron chi connectivity index (χ4n) is 0.894. The average Bonchev–Trinajstić information content (AvgIpc) is 1.95. The second-order valence-electron chi connectivity index (χ2n) is 2.29. The Kier molecular flexibility index (Phi) is 2.98. The minimum absolute atomic E-state index is 0.759. The summed E-state index contributed by atoms with van der Waals surface area (Å²) < 4.78 is 0. The van der Waals surface area contributed by atoms with Crippen LogP contribution in [0.4, 0.5) is 0 Å². The van der Waals surface area contributed by atoms with Crippen LogP contribution in [-0.4, -0.2) is 0 Å². The molecule has 58 valence electrons. The van der Waals surface area contributed by atoms with Gasteiger partial charge in [0.25, 0.3) is 0 Å². The Bertz CT molecular complexity index is 277. The van der Waals surface area contributed by atoms with Crippen molar-refractivity contribution in [3.8, 4) is 0 Å². The second-order valence-corrected chi connectivity index (χ2v) is 2.98. The van der Waals surface area contributed by atoms with Crippen molar-refractivity contribution >= 4 is 29.3 Å². The van der Waals surface area contributed by atoms with Gasteiger partial charge in [-0.3, -0.25) is 0 Å². The van der Waals surface area contributed by atoms with Gasteiger partial charge in [0.2, 0.25) is 0 Å². The second kappa shape index (κ2) is 3.80. The Morgan fingerprint density at radius 1 is 1.36 bits per heavy atom.